The van der Waals surface area contributed by atoms with Gasteiger partial charge in [-0.15, -0.1) is 11.3 Å². The molecule has 7 heteroatoms. The number of rotatable bonds is 4. The first-order chi connectivity index (χ1) is 12.9. The van der Waals surface area contributed by atoms with Crippen LogP contribution in [-0.2, 0) is 9.84 Å². The van der Waals surface area contributed by atoms with Crippen LogP contribution < -0.4 is 4.90 Å². The van der Waals surface area contributed by atoms with Crippen LogP contribution in [0.15, 0.2) is 62.2 Å². The Balaban J connectivity index is 1.84. The number of nitrogens with zero attached hydrogens (tertiary/aromatic N) is 2. The van der Waals surface area contributed by atoms with E-state index in [4.69, 9.17) is 4.42 Å². The van der Waals surface area contributed by atoms with Crippen LogP contribution in [-0.4, -0.2) is 26.5 Å². The zero-order chi connectivity index (χ0) is 19.0. The molecule has 4 rings (SSSR count). The van der Waals surface area contributed by atoms with Gasteiger partial charge in [0, 0.05) is 13.1 Å². The molecule has 0 N–H and O–H groups in total. The smallest absolute Gasteiger partial charge is 0.240 e. The maximum Gasteiger partial charge on any atom is 0.240 e. The molecule has 0 unspecified atom stereocenters. The number of aromatic nitrogens is 1. The molecule has 0 radical (unpaired) electrons. The summed E-state index contributed by atoms with van der Waals surface area (Å²) in [6.45, 7) is 5.90. The number of oxazole rings is 1. The van der Waals surface area contributed by atoms with Crippen LogP contribution in [0.2, 0.25) is 0 Å². The fourth-order valence-electron chi connectivity index (χ4n) is 3.72. The summed E-state index contributed by atoms with van der Waals surface area (Å²) >= 11 is 1.48. The molecule has 2 aromatic heterocycles. The highest BCUT2D eigenvalue weighted by molar-refractivity contribution is 7.91. The minimum absolute atomic E-state index is 0.0124. The van der Waals surface area contributed by atoms with Crippen molar-refractivity contribution >= 4 is 27.1 Å². The van der Waals surface area contributed by atoms with Crippen LogP contribution in [0.1, 0.15) is 20.3 Å². The lowest BCUT2D eigenvalue weighted by Gasteiger charge is -2.34. The van der Waals surface area contributed by atoms with Crippen LogP contribution in [0.25, 0.3) is 10.8 Å². The summed E-state index contributed by atoms with van der Waals surface area (Å²) in [5.74, 6) is 1.66. The molecule has 1 aliphatic heterocycles. The summed E-state index contributed by atoms with van der Waals surface area (Å²) in [5, 5.41) is 1.94. The van der Waals surface area contributed by atoms with E-state index in [-0.39, 0.29) is 9.92 Å². The summed E-state index contributed by atoms with van der Waals surface area (Å²) in [7, 11) is -3.77. The zero-order valence-electron chi connectivity index (χ0n) is 15.3. The standard InChI is InChI=1S/C20H22N2O3S2/c1-14-11-15(2)13-22(12-14)20-19(21-18(25-20)17-9-6-10-26-17)27(23,24)16-7-4-3-5-8-16/h3-10,14-15H,11-13H2,1-2H3/t14-,15-/m0/s1. The van der Waals surface area contributed by atoms with Crippen molar-refractivity contribution in [3.8, 4) is 10.8 Å². The molecule has 0 bridgehead atoms. The first kappa shape index (κ1) is 18.3. The van der Waals surface area contributed by atoms with Crippen molar-refractivity contribution in [1.82, 2.24) is 4.98 Å². The molecule has 0 aliphatic carbocycles. The molecule has 27 heavy (non-hydrogen) atoms. The second-order valence-electron chi connectivity index (χ2n) is 7.27. The molecule has 2 atom stereocenters. The number of hydrogen-bond donors (Lipinski definition) is 0. The largest absolute Gasteiger partial charge is 0.418 e. The molecule has 142 valence electrons. The highest BCUT2D eigenvalue weighted by Crippen LogP contribution is 2.38. The highest BCUT2D eigenvalue weighted by Gasteiger charge is 2.34. The second kappa shape index (κ2) is 7.13. The monoisotopic (exact) mass is 402 g/mol. The Hall–Kier alpha value is -2.12. The van der Waals surface area contributed by atoms with E-state index in [2.05, 4.69) is 18.8 Å². The Morgan fingerprint density at radius 2 is 1.78 bits per heavy atom. The summed E-state index contributed by atoms with van der Waals surface area (Å²) in [4.78, 5) is 7.54. The van der Waals surface area contributed by atoms with Gasteiger partial charge in [-0.3, -0.25) is 0 Å². The predicted molar refractivity (Wildman–Crippen MR) is 107 cm³/mol. The third kappa shape index (κ3) is 3.53. The predicted octanol–water partition coefficient (Wildman–Crippen LogP) is 4.72. The van der Waals surface area contributed by atoms with E-state index < -0.39 is 9.84 Å². The summed E-state index contributed by atoms with van der Waals surface area (Å²) in [6, 6.07) is 12.2. The van der Waals surface area contributed by atoms with Gasteiger partial charge in [-0.25, -0.2) is 8.42 Å². The topological polar surface area (TPSA) is 63.4 Å². The Morgan fingerprint density at radius 1 is 1.07 bits per heavy atom. The summed E-state index contributed by atoms with van der Waals surface area (Å²) in [6.07, 6.45) is 1.13. The van der Waals surface area contributed by atoms with Gasteiger partial charge < -0.3 is 9.32 Å². The van der Waals surface area contributed by atoms with E-state index in [1.165, 1.54) is 11.3 Å². The highest BCUT2D eigenvalue weighted by atomic mass is 32.2. The lowest BCUT2D eigenvalue weighted by molar-refractivity contribution is 0.342. The van der Waals surface area contributed by atoms with Gasteiger partial charge in [-0.05, 0) is 41.8 Å². The van der Waals surface area contributed by atoms with Crippen molar-refractivity contribution in [3.63, 3.8) is 0 Å². The quantitative estimate of drug-likeness (QED) is 0.632. The first-order valence-electron chi connectivity index (χ1n) is 9.05. The Morgan fingerprint density at radius 3 is 2.41 bits per heavy atom. The van der Waals surface area contributed by atoms with Gasteiger partial charge in [0.2, 0.25) is 26.6 Å². The average molecular weight is 403 g/mol. The number of benzene rings is 1. The van der Waals surface area contributed by atoms with Gasteiger partial charge in [0.25, 0.3) is 0 Å². The van der Waals surface area contributed by atoms with Crippen LogP contribution in [0.4, 0.5) is 5.88 Å². The van der Waals surface area contributed by atoms with E-state index in [0.29, 0.717) is 23.6 Å². The van der Waals surface area contributed by atoms with Crippen LogP contribution in [0.3, 0.4) is 0 Å². The van der Waals surface area contributed by atoms with Gasteiger partial charge >= 0.3 is 0 Å². The van der Waals surface area contributed by atoms with Crippen molar-refractivity contribution in [2.75, 3.05) is 18.0 Å². The molecule has 1 saturated heterocycles. The van der Waals surface area contributed by atoms with E-state index in [0.717, 1.165) is 24.4 Å². The normalized spacial score (nSPS) is 20.7. The van der Waals surface area contributed by atoms with E-state index in [1.807, 2.05) is 22.4 Å². The molecule has 3 aromatic rings. The molecule has 0 saturated carbocycles. The average Bonchev–Trinajstić information content (AvgIpc) is 3.31. The number of anilines is 1. The Labute approximate surface area is 163 Å². The van der Waals surface area contributed by atoms with E-state index in [1.54, 1.807) is 30.3 Å². The molecule has 1 fully saturated rings. The van der Waals surface area contributed by atoms with Crippen LogP contribution in [0, 0.1) is 11.8 Å². The van der Waals surface area contributed by atoms with Crippen LogP contribution >= 0.6 is 11.3 Å². The Kier molecular flexibility index (Phi) is 4.82. The van der Waals surface area contributed by atoms with Gasteiger partial charge in [0.1, 0.15) is 0 Å². The summed E-state index contributed by atoms with van der Waals surface area (Å²) < 4.78 is 32.6. The van der Waals surface area contributed by atoms with Crippen molar-refractivity contribution < 1.29 is 12.8 Å². The number of piperidine rings is 1. The fraction of sp³-hybridized carbons (Fsp3) is 0.350. The number of hydrogen-bond acceptors (Lipinski definition) is 6. The summed E-state index contributed by atoms with van der Waals surface area (Å²) in [5.41, 5.74) is 0. The lowest BCUT2D eigenvalue weighted by atomic mass is 9.92. The SMILES string of the molecule is C[C@H]1C[C@H](C)CN(c2oc(-c3cccs3)nc2S(=O)(=O)c2ccccc2)C1. The minimum Gasteiger partial charge on any atom is -0.418 e. The lowest BCUT2D eigenvalue weighted by Crippen LogP contribution is -2.39. The maximum atomic E-state index is 13.3. The van der Waals surface area contributed by atoms with Gasteiger partial charge in [-0.1, -0.05) is 38.1 Å². The maximum absolute atomic E-state index is 13.3. The first-order valence-corrected chi connectivity index (χ1v) is 11.4. The van der Waals surface area contributed by atoms with Crippen molar-refractivity contribution in [3.05, 3.63) is 47.8 Å². The van der Waals surface area contributed by atoms with Gasteiger partial charge in [0.15, 0.2) is 0 Å². The minimum atomic E-state index is -3.77. The molecular weight excluding hydrogens is 380 g/mol. The molecule has 0 amide bonds. The third-order valence-electron chi connectivity index (χ3n) is 4.78. The third-order valence-corrected chi connectivity index (χ3v) is 7.30. The molecule has 1 aliphatic rings. The number of thiophene rings is 1. The van der Waals surface area contributed by atoms with Gasteiger partial charge in [-0.2, -0.15) is 4.98 Å². The fourth-order valence-corrected chi connectivity index (χ4v) is 5.71. The van der Waals surface area contributed by atoms with Crippen LogP contribution in [0.5, 0.6) is 0 Å². The molecule has 1 aromatic carbocycles. The second-order valence-corrected chi connectivity index (χ2v) is 10.1. The van der Waals surface area contributed by atoms with Crippen molar-refractivity contribution in [2.45, 2.75) is 30.2 Å². The molecule has 0 spiro atoms. The number of sulfone groups is 1. The van der Waals surface area contributed by atoms with E-state index in [9.17, 15) is 8.42 Å². The zero-order valence-corrected chi connectivity index (χ0v) is 17.0. The molecule has 5 nitrogen and oxygen atoms in total. The van der Waals surface area contributed by atoms with Crippen molar-refractivity contribution in [2.24, 2.45) is 11.8 Å². The Bertz CT molecular complexity index is 1000. The van der Waals surface area contributed by atoms with E-state index >= 15 is 0 Å². The van der Waals surface area contributed by atoms with Crippen molar-refractivity contribution in [1.29, 1.82) is 0 Å². The van der Waals surface area contributed by atoms with Gasteiger partial charge in [0.05, 0.1) is 9.77 Å². The molecular formula is C20H22N2O3S2. The molecule has 3 heterocycles.